The zero-order chi connectivity index (χ0) is 17.5. The third-order valence-electron chi connectivity index (χ3n) is 4.92. The number of aliphatic hydroxyl groups excluding tert-OH is 1. The van der Waals surface area contributed by atoms with Crippen LogP contribution in [-0.2, 0) is 15.7 Å². The molecular weight excluding hydrogens is 305 g/mol. The van der Waals surface area contributed by atoms with E-state index in [1.54, 1.807) is 0 Å². The largest absolute Gasteiger partial charge is 0.494 e. The van der Waals surface area contributed by atoms with Gasteiger partial charge in [-0.2, -0.15) is 0 Å². The lowest BCUT2D eigenvalue weighted by atomic mass is 9.79. The molecule has 0 spiro atoms. The lowest BCUT2D eigenvalue weighted by Gasteiger charge is -2.32. The van der Waals surface area contributed by atoms with E-state index in [0.717, 1.165) is 22.5 Å². The van der Waals surface area contributed by atoms with Crippen LogP contribution >= 0.6 is 0 Å². The first-order valence-corrected chi connectivity index (χ1v) is 8.26. The Balaban J connectivity index is 1.81. The minimum atomic E-state index is -0.375. The molecule has 1 N–H and O–H groups in total. The Morgan fingerprint density at radius 2 is 1.62 bits per heavy atom. The molecule has 0 unspecified atom stereocenters. The fourth-order valence-corrected chi connectivity index (χ4v) is 2.65. The van der Waals surface area contributed by atoms with Gasteiger partial charge in [0.2, 0.25) is 5.89 Å². The van der Waals surface area contributed by atoms with Crippen LogP contribution < -0.4 is 5.46 Å². The smallest absolute Gasteiger partial charge is 0.441 e. The summed E-state index contributed by atoms with van der Waals surface area (Å²) in [5.74, 6) is 1.31. The van der Waals surface area contributed by atoms with Gasteiger partial charge in [-0.25, -0.2) is 4.98 Å². The van der Waals surface area contributed by atoms with Gasteiger partial charge in [-0.3, -0.25) is 0 Å². The van der Waals surface area contributed by atoms with Crippen molar-refractivity contribution in [1.82, 2.24) is 4.98 Å². The van der Waals surface area contributed by atoms with Gasteiger partial charge < -0.3 is 18.8 Å². The SMILES string of the molecule is Cc1oc(-c2ccc(B3OC(C)(C)C(C)(C)O3)cc2)nc1CCO. The molecule has 0 bridgehead atoms. The predicted octanol–water partition coefficient (Wildman–Crippen LogP) is 2.48. The van der Waals surface area contributed by atoms with Crippen molar-refractivity contribution in [1.29, 1.82) is 0 Å². The normalized spacial score (nSPS) is 19.0. The van der Waals surface area contributed by atoms with Crippen molar-refractivity contribution >= 4 is 12.6 Å². The first kappa shape index (κ1) is 17.2. The fourth-order valence-electron chi connectivity index (χ4n) is 2.65. The Kier molecular flexibility index (Phi) is 4.32. The van der Waals surface area contributed by atoms with E-state index in [4.69, 9.17) is 18.8 Å². The zero-order valence-electron chi connectivity index (χ0n) is 14.9. The minimum Gasteiger partial charge on any atom is -0.441 e. The first-order chi connectivity index (χ1) is 11.2. The number of hydrogen-bond donors (Lipinski definition) is 1. The van der Waals surface area contributed by atoms with Crippen molar-refractivity contribution in [3.05, 3.63) is 35.7 Å². The Labute approximate surface area is 143 Å². The Morgan fingerprint density at radius 1 is 1.04 bits per heavy atom. The summed E-state index contributed by atoms with van der Waals surface area (Å²) in [5.41, 5.74) is 1.95. The number of rotatable bonds is 4. The van der Waals surface area contributed by atoms with Crippen LogP contribution in [0.4, 0.5) is 0 Å². The Morgan fingerprint density at radius 3 is 2.17 bits per heavy atom. The number of aliphatic hydroxyl groups is 1. The molecule has 1 aromatic heterocycles. The van der Waals surface area contributed by atoms with Gasteiger partial charge in [-0.1, -0.05) is 12.1 Å². The predicted molar refractivity (Wildman–Crippen MR) is 93.2 cm³/mol. The molecule has 24 heavy (non-hydrogen) atoms. The minimum absolute atomic E-state index is 0.0632. The van der Waals surface area contributed by atoms with Gasteiger partial charge in [0.05, 0.1) is 16.9 Å². The molecule has 0 aliphatic carbocycles. The zero-order valence-corrected chi connectivity index (χ0v) is 14.9. The van der Waals surface area contributed by atoms with Crippen LogP contribution in [0.15, 0.2) is 28.7 Å². The third-order valence-corrected chi connectivity index (χ3v) is 4.92. The van der Waals surface area contributed by atoms with Gasteiger partial charge in [0.15, 0.2) is 0 Å². The molecule has 1 saturated heterocycles. The maximum Gasteiger partial charge on any atom is 0.494 e. The van der Waals surface area contributed by atoms with Gasteiger partial charge in [0, 0.05) is 18.6 Å². The summed E-state index contributed by atoms with van der Waals surface area (Å²) in [4.78, 5) is 4.45. The van der Waals surface area contributed by atoms with Gasteiger partial charge in [-0.15, -0.1) is 0 Å². The summed E-state index contributed by atoms with van der Waals surface area (Å²) in [6.07, 6.45) is 0.501. The first-order valence-electron chi connectivity index (χ1n) is 8.26. The fraction of sp³-hybridized carbons (Fsp3) is 0.500. The summed E-state index contributed by atoms with van der Waals surface area (Å²) in [5, 5.41) is 9.06. The summed E-state index contributed by atoms with van der Waals surface area (Å²) in [7, 11) is -0.375. The quantitative estimate of drug-likeness (QED) is 0.873. The van der Waals surface area contributed by atoms with Crippen LogP contribution in [0.5, 0.6) is 0 Å². The molecule has 128 valence electrons. The molecule has 1 aromatic carbocycles. The van der Waals surface area contributed by atoms with Crippen LogP contribution in [0.3, 0.4) is 0 Å². The van der Waals surface area contributed by atoms with Crippen molar-refractivity contribution in [2.75, 3.05) is 6.61 Å². The van der Waals surface area contributed by atoms with E-state index >= 15 is 0 Å². The molecule has 5 nitrogen and oxygen atoms in total. The van der Waals surface area contributed by atoms with Crippen LogP contribution in [0.25, 0.3) is 11.5 Å². The van der Waals surface area contributed by atoms with E-state index in [2.05, 4.69) is 4.98 Å². The number of hydrogen-bond acceptors (Lipinski definition) is 5. The van der Waals surface area contributed by atoms with E-state index in [0.29, 0.717) is 12.3 Å². The summed E-state index contributed by atoms with van der Waals surface area (Å²) < 4.78 is 17.8. The summed E-state index contributed by atoms with van der Waals surface area (Å²) in [6.45, 7) is 10.1. The van der Waals surface area contributed by atoms with Crippen LogP contribution in [0.1, 0.15) is 39.1 Å². The molecule has 0 saturated carbocycles. The maximum absolute atomic E-state index is 9.06. The monoisotopic (exact) mass is 329 g/mol. The number of aromatic nitrogens is 1. The molecule has 2 heterocycles. The topological polar surface area (TPSA) is 64.7 Å². The lowest BCUT2D eigenvalue weighted by Crippen LogP contribution is -2.41. The molecular formula is C18H24BNO4. The van der Waals surface area contributed by atoms with E-state index < -0.39 is 0 Å². The second-order valence-electron chi connectivity index (χ2n) is 7.21. The Hall–Kier alpha value is -1.63. The number of oxazole rings is 1. The molecule has 1 fully saturated rings. The van der Waals surface area contributed by atoms with E-state index in [1.165, 1.54) is 0 Å². The molecule has 1 aliphatic rings. The molecule has 6 heteroatoms. The van der Waals surface area contributed by atoms with Gasteiger partial charge in [0.25, 0.3) is 0 Å². The molecule has 0 radical (unpaired) electrons. The van der Waals surface area contributed by atoms with Crippen molar-refractivity contribution in [3.8, 4) is 11.5 Å². The van der Waals surface area contributed by atoms with Gasteiger partial charge in [0.1, 0.15) is 5.76 Å². The Bertz CT molecular complexity index is 705. The highest BCUT2D eigenvalue weighted by atomic mass is 16.7. The number of benzene rings is 1. The van der Waals surface area contributed by atoms with Gasteiger partial charge in [-0.05, 0) is 52.2 Å². The summed E-state index contributed by atoms with van der Waals surface area (Å²) >= 11 is 0. The average molecular weight is 329 g/mol. The van der Waals surface area contributed by atoms with Gasteiger partial charge >= 0.3 is 7.12 Å². The molecule has 0 amide bonds. The second-order valence-corrected chi connectivity index (χ2v) is 7.21. The highest BCUT2D eigenvalue weighted by Gasteiger charge is 2.51. The van der Waals surface area contributed by atoms with Crippen molar-refractivity contribution in [2.24, 2.45) is 0 Å². The van der Waals surface area contributed by atoms with E-state index in [1.807, 2.05) is 58.9 Å². The van der Waals surface area contributed by atoms with Crippen LogP contribution in [0.2, 0.25) is 0 Å². The van der Waals surface area contributed by atoms with Crippen LogP contribution in [0, 0.1) is 6.92 Å². The molecule has 2 aromatic rings. The lowest BCUT2D eigenvalue weighted by molar-refractivity contribution is 0.00578. The second kappa shape index (κ2) is 6.03. The molecule has 0 atom stereocenters. The molecule has 3 rings (SSSR count). The van der Waals surface area contributed by atoms with Crippen LogP contribution in [-0.4, -0.2) is 35.0 Å². The third kappa shape index (κ3) is 3.01. The molecule has 1 aliphatic heterocycles. The standard InChI is InChI=1S/C18H24BNO4/c1-12-15(10-11-21)20-16(22-12)13-6-8-14(9-7-13)19-23-17(2,3)18(4,5)24-19/h6-9,21H,10-11H2,1-5H3. The summed E-state index contributed by atoms with van der Waals surface area (Å²) in [6, 6.07) is 7.86. The number of nitrogens with zero attached hydrogens (tertiary/aromatic N) is 1. The van der Waals surface area contributed by atoms with Crippen molar-refractivity contribution < 1.29 is 18.8 Å². The number of aryl methyl sites for hydroxylation is 1. The highest BCUT2D eigenvalue weighted by molar-refractivity contribution is 6.62. The van der Waals surface area contributed by atoms with Crippen molar-refractivity contribution in [3.63, 3.8) is 0 Å². The maximum atomic E-state index is 9.06. The van der Waals surface area contributed by atoms with E-state index in [9.17, 15) is 0 Å². The highest BCUT2D eigenvalue weighted by Crippen LogP contribution is 2.36. The van der Waals surface area contributed by atoms with Crippen molar-refractivity contribution in [2.45, 2.75) is 52.2 Å². The van der Waals surface area contributed by atoms with E-state index in [-0.39, 0.29) is 24.9 Å². The average Bonchev–Trinajstić information content (AvgIpc) is 2.97.